The van der Waals surface area contributed by atoms with E-state index in [0.717, 1.165) is 23.8 Å². The van der Waals surface area contributed by atoms with Gasteiger partial charge in [-0.3, -0.25) is 4.90 Å². The first-order valence-electron chi connectivity index (χ1n) is 9.17. The molecule has 3 heteroatoms. The van der Waals surface area contributed by atoms with E-state index >= 15 is 0 Å². The van der Waals surface area contributed by atoms with Crippen LogP contribution in [0.15, 0.2) is 0 Å². The average Bonchev–Trinajstić information content (AvgIpc) is 2.46. The van der Waals surface area contributed by atoms with Crippen LogP contribution in [-0.2, 0) is 0 Å². The lowest BCUT2D eigenvalue weighted by molar-refractivity contribution is 0.0526. The monoisotopic (exact) mass is 295 g/mol. The molecule has 4 unspecified atom stereocenters. The molecular formula is C18H37N3. The van der Waals surface area contributed by atoms with Crippen LogP contribution >= 0.6 is 0 Å². The molecule has 21 heavy (non-hydrogen) atoms. The van der Waals surface area contributed by atoms with Crippen LogP contribution in [0.1, 0.15) is 47.0 Å². The normalized spacial score (nSPS) is 34.3. The average molecular weight is 296 g/mol. The third-order valence-electron chi connectivity index (χ3n) is 5.80. The summed E-state index contributed by atoms with van der Waals surface area (Å²) in [7, 11) is 2.28. The molecule has 0 saturated carbocycles. The van der Waals surface area contributed by atoms with Gasteiger partial charge in [0.2, 0.25) is 0 Å². The zero-order valence-corrected chi connectivity index (χ0v) is 14.9. The Morgan fingerprint density at radius 3 is 2.57 bits per heavy atom. The fraction of sp³-hybridized carbons (Fsp3) is 1.00. The maximum Gasteiger partial charge on any atom is 0.0244 e. The largest absolute Gasteiger partial charge is 0.311 e. The van der Waals surface area contributed by atoms with E-state index in [-0.39, 0.29) is 0 Å². The van der Waals surface area contributed by atoms with Gasteiger partial charge >= 0.3 is 0 Å². The van der Waals surface area contributed by atoms with Crippen molar-refractivity contribution in [1.29, 1.82) is 0 Å². The molecule has 0 spiro atoms. The van der Waals surface area contributed by atoms with Crippen molar-refractivity contribution in [2.45, 2.75) is 59.0 Å². The molecule has 0 aromatic rings. The molecule has 0 radical (unpaired) electrons. The predicted molar refractivity (Wildman–Crippen MR) is 91.7 cm³/mol. The van der Waals surface area contributed by atoms with Gasteiger partial charge in [-0.05, 0) is 44.2 Å². The molecule has 2 heterocycles. The highest BCUT2D eigenvalue weighted by Gasteiger charge is 2.33. The van der Waals surface area contributed by atoms with Gasteiger partial charge in [0.1, 0.15) is 0 Å². The minimum atomic E-state index is 0.686. The Hall–Kier alpha value is -0.120. The second-order valence-electron chi connectivity index (χ2n) is 7.94. The fourth-order valence-electron chi connectivity index (χ4n) is 4.14. The molecule has 1 N–H and O–H groups in total. The minimum Gasteiger partial charge on any atom is -0.311 e. The highest BCUT2D eigenvalue weighted by Crippen LogP contribution is 2.24. The van der Waals surface area contributed by atoms with Crippen molar-refractivity contribution in [1.82, 2.24) is 15.1 Å². The summed E-state index contributed by atoms with van der Waals surface area (Å²) in [4.78, 5) is 5.34. The van der Waals surface area contributed by atoms with Gasteiger partial charge in [0, 0.05) is 38.3 Å². The molecule has 0 aliphatic carbocycles. The van der Waals surface area contributed by atoms with E-state index in [0.29, 0.717) is 6.04 Å². The third-order valence-corrected chi connectivity index (χ3v) is 5.80. The molecule has 2 saturated heterocycles. The van der Waals surface area contributed by atoms with E-state index in [4.69, 9.17) is 0 Å². The molecule has 3 nitrogen and oxygen atoms in total. The number of nitrogens with one attached hydrogen (secondary N) is 1. The quantitative estimate of drug-likeness (QED) is 0.841. The summed E-state index contributed by atoms with van der Waals surface area (Å²) in [6, 6.07) is 1.41. The van der Waals surface area contributed by atoms with Crippen LogP contribution in [0, 0.1) is 17.8 Å². The number of rotatable bonds is 5. The molecule has 124 valence electrons. The van der Waals surface area contributed by atoms with Gasteiger partial charge in [-0.25, -0.2) is 0 Å². The maximum absolute atomic E-state index is 3.83. The Morgan fingerprint density at radius 1 is 1.19 bits per heavy atom. The Morgan fingerprint density at radius 2 is 1.95 bits per heavy atom. The lowest BCUT2D eigenvalue weighted by Gasteiger charge is -2.46. The van der Waals surface area contributed by atoms with Gasteiger partial charge in [-0.2, -0.15) is 0 Å². The highest BCUT2D eigenvalue weighted by molar-refractivity contribution is 4.91. The van der Waals surface area contributed by atoms with Crippen LogP contribution in [0.2, 0.25) is 0 Å². The van der Waals surface area contributed by atoms with Crippen LogP contribution in [0.3, 0.4) is 0 Å². The Labute approximate surface area is 132 Å². The van der Waals surface area contributed by atoms with Gasteiger partial charge in [-0.1, -0.05) is 34.1 Å². The summed E-state index contributed by atoms with van der Waals surface area (Å²) in [6.45, 7) is 15.8. The highest BCUT2D eigenvalue weighted by atomic mass is 15.2. The Bertz CT molecular complexity index is 305. The smallest absolute Gasteiger partial charge is 0.0244 e. The number of hydrogen-bond acceptors (Lipinski definition) is 3. The van der Waals surface area contributed by atoms with E-state index in [2.05, 4.69) is 49.9 Å². The van der Waals surface area contributed by atoms with Crippen molar-refractivity contribution < 1.29 is 0 Å². The number of piperidine rings is 1. The number of piperazine rings is 1. The van der Waals surface area contributed by atoms with E-state index in [9.17, 15) is 0 Å². The van der Waals surface area contributed by atoms with Crippen molar-refractivity contribution in [2.75, 3.05) is 39.8 Å². The first kappa shape index (κ1) is 17.2. The zero-order valence-electron chi connectivity index (χ0n) is 14.9. The Balaban J connectivity index is 1.96. The minimum absolute atomic E-state index is 0.686. The number of hydrogen-bond donors (Lipinski definition) is 1. The van der Waals surface area contributed by atoms with Crippen molar-refractivity contribution in [3.05, 3.63) is 0 Å². The molecule has 2 aliphatic rings. The molecule has 2 aliphatic heterocycles. The molecule has 0 aromatic heterocycles. The molecule has 0 bridgehead atoms. The SMILES string of the molecule is CCC(C)C1CN(CC2CCCN(C)C2)C(C(C)C)CN1. The Kier molecular flexibility index (Phi) is 6.51. The van der Waals surface area contributed by atoms with Gasteiger partial charge in [0.25, 0.3) is 0 Å². The van der Waals surface area contributed by atoms with Crippen LogP contribution in [0.25, 0.3) is 0 Å². The first-order chi connectivity index (χ1) is 10.0. The van der Waals surface area contributed by atoms with Crippen molar-refractivity contribution >= 4 is 0 Å². The first-order valence-corrected chi connectivity index (χ1v) is 9.17. The fourth-order valence-corrected chi connectivity index (χ4v) is 4.14. The second kappa shape index (κ2) is 7.94. The number of nitrogens with zero attached hydrogens (tertiary/aromatic N) is 2. The van der Waals surface area contributed by atoms with Crippen molar-refractivity contribution in [3.8, 4) is 0 Å². The molecule has 2 rings (SSSR count). The van der Waals surface area contributed by atoms with E-state index in [1.54, 1.807) is 0 Å². The molecular weight excluding hydrogens is 258 g/mol. The van der Waals surface area contributed by atoms with Crippen LogP contribution in [-0.4, -0.2) is 61.7 Å². The van der Waals surface area contributed by atoms with Crippen LogP contribution < -0.4 is 5.32 Å². The van der Waals surface area contributed by atoms with Gasteiger partial charge in [0.15, 0.2) is 0 Å². The zero-order chi connectivity index (χ0) is 15.4. The summed E-state index contributed by atoms with van der Waals surface area (Å²) >= 11 is 0. The maximum atomic E-state index is 3.83. The van der Waals surface area contributed by atoms with E-state index in [1.165, 1.54) is 52.0 Å². The second-order valence-corrected chi connectivity index (χ2v) is 7.94. The van der Waals surface area contributed by atoms with Gasteiger partial charge < -0.3 is 10.2 Å². The van der Waals surface area contributed by atoms with E-state index in [1.807, 2.05) is 0 Å². The standard InChI is InChI=1S/C18H37N3/c1-6-15(4)17-13-21(18(10-19-17)14(2)3)12-16-8-7-9-20(5)11-16/h14-19H,6-13H2,1-5H3. The van der Waals surface area contributed by atoms with Crippen LogP contribution in [0.5, 0.6) is 0 Å². The summed E-state index contributed by atoms with van der Waals surface area (Å²) in [5, 5.41) is 3.83. The summed E-state index contributed by atoms with van der Waals surface area (Å²) in [6.07, 6.45) is 4.09. The summed E-state index contributed by atoms with van der Waals surface area (Å²) in [5.74, 6) is 2.41. The number of likely N-dealkylation sites (tertiary alicyclic amines) is 1. The third kappa shape index (κ3) is 4.67. The topological polar surface area (TPSA) is 18.5 Å². The van der Waals surface area contributed by atoms with Crippen molar-refractivity contribution in [3.63, 3.8) is 0 Å². The van der Waals surface area contributed by atoms with Gasteiger partial charge in [-0.15, -0.1) is 0 Å². The lowest BCUT2D eigenvalue weighted by atomic mass is 9.90. The van der Waals surface area contributed by atoms with Crippen molar-refractivity contribution in [2.24, 2.45) is 17.8 Å². The summed E-state index contributed by atoms with van der Waals surface area (Å²) < 4.78 is 0. The molecule has 4 atom stereocenters. The molecule has 0 aromatic carbocycles. The lowest BCUT2D eigenvalue weighted by Crippen LogP contribution is -2.61. The predicted octanol–water partition coefficient (Wildman–Crippen LogP) is 2.67. The molecule has 2 fully saturated rings. The van der Waals surface area contributed by atoms with E-state index < -0.39 is 0 Å². The van der Waals surface area contributed by atoms with Gasteiger partial charge in [0.05, 0.1) is 0 Å². The summed E-state index contributed by atoms with van der Waals surface area (Å²) in [5.41, 5.74) is 0. The molecule has 0 amide bonds. The van der Waals surface area contributed by atoms with Crippen LogP contribution in [0.4, 0.5) is 0 Å².